The van der Waals surface area contributed by atoms with E-state index in [1.54, 1.807) is 0 Å². The zero-order valence-electron chi connectivity index (χ0n) is 12.1. The maximum absolute atomic E-state index is 12.7. The molecule has 0 saturated heterocycles. The Hall–Kier alpha value is -1.35. The lowest BCUT2D eigenvalue weighted by atomic mass is 9.83. The van der Waals surface area contributed by atoms with Crippen LogP contribution in [0.3, 0.4) is 0 Å². The average molecular weight is 260 g/mol. The van der Waals surface area contributed by atoms with Gasteiger partial charge < -0.3 is 10.6 Å². The Labute approximate surface area is 115 Å². The van der Waals surface area contributed by atoms with Crippen molar-refractivity contribution in [2.45, 2.75) is 45.2 Å². The van der Waals surface area contributed by atoms with Gasteiger partial charge in [0.15, 0.2) is 0 Å². The van der Waals surface area contributed by atoms with E-state index < -0.39 is 5.41 Å². The summed E-state index contributed by atoms with van der Waals surface area (Å²) in [7, 11) is 1.89. The van der Waals surface area contributed by atoms with Crippen LogP contribution >= 0.6 is 0 Å². The van der Waals surface area contributed by atoms with E-state index in [1.165, 1.54) is 0 Å². The summed E-state index contributed by atoms with van der Waals surface area (Å²) in [6, 6.07) is 10.2. The lowest BCUT2D eigenvalue weighted by Crippen LogP contribution is -2.48. The molecule has 2 N–H and O–H groups in total. The predicted octanol–water partition coefficient (Wildman–Crippen LogP) is 2.72. The highest BCUT2D eigenvalue weighted by Crippen LogP contribution is 2.39. The van der Waals surface area contributed by atoms with Crippen LogP contribution in [0.4, 0.5) is 0 Å². The van der Waals surface area contributed by atoms with Gasteiger partial charge in [0.2, 0.25) is 5.91 Å². The second-order valence-corrected chi connectivity index (χ2v) is 5.92. The quantitative estimate of drug-likeness (QED) is 0.908. The number of benzene rings is 1. The molecule has 0 aliphatic heterocycles. The van der Waals surface area contributed by atoms with Gasteiger partial charge in [0.05, 0.1) is 11.5 Å². The molecular formula is C16H24N2O. The summed E-state index contributed by atoms with van der Waals surface area (Å²) in [5.74, 6) is 0.175. The average Bonchev–Trinajstić information content (AvgIpc) is 2.78. The summed E-state index contributed by atoms with van der Waals surface area (Å²) in [6.45, 7) is 4.08. The first-order chi connectivity index (χ1) is 8.97. The third kappa shape index (κ3) is 2.52. The van der Waals surface area contributed by atoms with Gasteiger partial charge in [-0.1, -0.05) is 36.8 Å². The molecule has 1 fully saturated rings. The molecule has 1 saturated carbocycles. The summed E-state index contributed by atoms with van der Waals surface area (Å²) >= 11 is 0. The van der Waals surface area contributed by atoms with Crippen molar-refractivity contribution < 1.29 is 4.79 Å². The molecule has 3 heteroatoms. The third-order valence-electron chi connectivity index (χ3n) is 4.70. The van der Waals surface area contributed by atoms with Crippen molar-refractivity contribution >= 4 is 5.91 Å². The van der Waals surface area contributed by atoms with Crippen LogP contribution in [0.2, 0.25) is 0 Å². The van der Waals surface area contributed by atoms with E-state index in [4.69, 9.17) is 5.73 Å². The van der Waals surface area contributed by atoms with Crippen molar-refractivity contribution in [3.8, 4) is 0 Å². The van der Waals surface area contributed by atoms with Crippen LogP contribution in [0.25, 0.3) is 0 Å². The molecule has 0 heterocycles. The number of hydrogen-bond acceptors (Lipinski definition) is 2. The van der Waals surface area contributed by atoms with Crippen LogP contribution in [0.15, 0.2) is 30.3 Å². The van der Waals surface area contributed by atoms with E-state index >= 15 is 0 Å². The van der Waals surface area contributed by atoms with Crippen LogP contribution < -0.4 is 5.73 Å². The molecular weight excluding hydrogens is 236 g/mol. The zero-order valence-corrected chi connectivity index (χ0v) is 12.1. The van der Waals surface area contributed by atoms with Gasteiger partial charge in [-0.05, 0) is 32.3 Å². The molecule has 1 aliphatic rings. The second-order valence-electron chi connectivity index (χ2n) is 5.92. The smallest absolute Gasteiger partial charge is 0.230 e. The van der Waals surface area contributed by atoms with Crippen molar-refractivity contribution in [2.24, 2.45) is 11.1 Å². The van der Waals surface area contributed by atoms with Gasteiger partial charge in [-0.3, -0.25) is 4.79 Å². The largest absolute Gasteiger partial charge is 0.338 e. The predicted molar refractivity (Wildman–Crippen MR) is 77.6 cm³/mol. The van der Waals surface area contributed by atoms with Gasteiger partial charge in [0.1, 0.15) is 0 Å². The van der Waals surface area contributed by atoms with Gasteiger partial charge in [0.25, 0.3) is 0 Å². The minimum absolute atomic E-state index is 0.00887. The Morgan fingerprint density at radius 3 is 2.58 bits per heavy atom. The van der Waals surface area contributed by atoms with E-state index in [1.807, 2.05) is 37.1 Å². The fourth-order valence-electron chi connectivity index (χ4n) is 2.99. The Morgan fingerprint density at radius 2 is 2.05 bits per heavy atom. The van der Waals surface area contributed by atoms with E-state index in [0.717, 1.165) is 24.8 Å². The summed E-state index contributed by atoms with van der Waals surface area (Å²) in [5.41, 5.74) is 6.91. The molecule has 0 aromatic heterocycles. The Balaban J connectivity index is 2.15. The maximum atomic E-state index is 12.7. The molecule has 2 rings (SSSR count). The molecule has 3 atom stereocenters. The summed E-state index contributed by atoms with van der Waals surface area (Å²) in [6.07, 6.45) is 2.91. The molecule has 3 nitrogen and oxygen atoms in total. The van der Waals surface area contributed by atoms with E-state index in [-0.39, 0.29) is 18.0 Å². The SMILES string of the molecule is CC(c1ccccc1)N(C)C(=O)C1(C)CCCC1N. The molecule has 1 aromatic carbocycles. The van der Waals surface area contributed by atoms with E-state index in [9.17, 15) is 4.79 Å². The highest BCUT2D eigenvalue weighted by atomic mass is 16.2. The Kier molecular flexibility index (Phi) is 3.95. The number of amides is 1. The lowest BCUT2D eigenvalue weighted by Gasteiger charge is -2.35. The van der Waals surface area contributed by atoms with Crippen molar-refractivity contribution in [2.75, 3.05) is 7.05 Å². The molecule has 3 unspecified atom stereocenters. The minimum Gasteiger partial charge on any atom is -0.338 e. The lowest BCUT2D eigenvalue weighted by molar-refractivity contribution is -0.142. The topological polar surface area (TPSA) is 46.3 Å². The number of nitrogens with zero attached hydrogens (tertiary/aromatic N) is 1. The van der Waals surface area contributed by atoms with E-state index in [2.05, 4.69) is 19.1 Å². The number of nitrogens with two attached hydrogens (primary N) is 1. The van der Waals surface area contributed by atoms with Crippen LogP contribution in [0.1, 0.15) is 44.7 Å². The molecule has 19 heavy (non-hydrogen) atoms. The molecule has 0 radical (unpaired) electrons. The normalized spacial score (nSPS) is 28.1. The maximum Gasteiger partial charge on any atom is 0.230 e. The standard InChI is InChI=1S/C16H24N2O/c1-12(13-8-5-4-6-9-13)18(3)15(19)16(2)11-7-10-14(16)17/h4-6,8-9,12,14H,7,10-11,17H2,1-3H3. The fourth-order valence-corrected chi connectivity index (χ4v) is 2.99. The number of rotatable bonds is 3. The van der Waals surface area contributed by atoms with Crippen LogP contribution in [-0.2, 0) is 4.79 Å². The van der Waals surface area contributed by atoms with Crippen molar-refractivity contribution in [3.63, 3.8) is 0 Å². The number of carbonyl (C=O) groups is 1. The number of carbonyl (C=O) groups excluding carboxylic acids is 1. The summed E-state index contributed by atoms with van der Waals surface area (Å²) in [4.78, 5) is 14.6. The van der Waals surface area contributed by atoms with Gasteiger partial charge >= 0.3 is 0 Å². The van der Waals surface area contributed by atoms with Crippen molar-refractivity contribution in [1.29, 1.82) is 0 Å². The molecule has 0 bridgehead atoms. The minimum atomic E-state index is -0.391. The third-order valence-corrected chi connectivity index (χ3v) is 4.70. The first-order valence-corrected chi connectivity index (χ1v) is 7.04. The molecule has 1 aromatic rings. The van der Waals surface area contributed by atoms with Gasteiger partial charge in [0, 0.05) is 13.1 Å². The van der Waals surface area contributed by atoms with Crippen molar-refractivity contribution in [3.05, 3.63) is 35.9 Å². The van der Waals surface area contributed by atoms with Gasteiger partial charge in [-0.2, -0.15) is 0 Å². The highest BCUT2D eigenvalue weighted by Gasteiger charge is 2.45. The summed E-state index contributed by atoms with van der Waals surface area (Å²) in [5, 5.41) is 0. The van der Waals surface area contributed by atoms with Gasteiger partial charge in [-0.25, -0.2) is 0 Å². The Morgan fingerprint density at radius 1 is 1.42 bits per heavy atom. The number of hydrogen-bond donors (Lipinski definition) is 1. The highest BCUT2D eigenvalue weighted by molar-refractivity contribution is 5.83. The first kappa shape index (κ1) is 14.1. The van der Waals surface area contributed by atoms with E-state index in [0.29, 0.717) is 0 Å². The van der Waals surface area contributed by atoms with Crippen LogP contribution in [0, 0.1) is 5.41 Å². The second kappa shape index (κ2) is 5.33. The zero-order chi connectivity index (χ0) is 14.0. The molecule has 0 spiro atoms. The first-order valence-electron chi connectivity index (χ1n) is 7.04. The van der Waals surface area contributed by atoms with Crippen LogP contribution in [-0.4, -0.2) is 23.9 Å². The molecule has 104 valence electrons. The molecule has 1 amide bonds. The van der Waals surface area contributed by atoms with Gasteiger partial charge in [-0.15, -0.1) is 0 Å². The molecule has 1 aliphatic carbocycles. The van der Waals surface area contributed by atoms with Crippen LogP contribution in [0.5, 0.6) is 0 Å². The summed E-state index contributed by atoms with van der Waals surface area (Å²) < 4.78 is 0. The van der Waals surface area contributed by atoms with Crippen molar-refractivity contribution in [1.82, 2.24) is 4.90 Å². The monoisotopic (exact) mass is 260 g/mol. The fraction of sp³-hybridized carbons (Fsp3) is 0.562. The Bertz CT molecular complexity index is 445.